The minimum Gasteiger partial charge on any atom is -0.493 e. The van der Waals surface area contributed by atoms with Gasteiger partial charge in [0, 0.05) is 17.8 Å². The third-order valence-electron chi connectivity index (χ3n) is 2.13. The molecule has 1 aromatic rings. The number of methoxy groups -OCH3 is 3. The number of carbonyl (C=O) groups is 1. The van der Waals surface area contributed by atoms with Crippen LogP contribution in [0.25, 0.3) is 0 Å². The van der Waals surface area contributed by atoms with Gasteiger partial charge in [0.2, 0.25) is 5.75 Å². The Morgan fingerprint density at radius 3 is 1.94 bits per heavy atom. The summed E-state index contributed by atoms with van der Waals surface area (Å²) in [5, 5.41) is 2.04. The molecule has 0 aromatic heterocycles. The van der Waals surface area contributed by atoms with Crippen molar-refractivity contribution in [3.63, 3.8) is 0 Å². The molecular weight excluding hydrogens is 248 g/mol. The molecule has 100 valence electrons. The van der Waals surface area contributed by atoms with Crippen LogP contribution < -0.4 is 19.5 Å². The fraction of sp³-hybridized carbons (Fsp3) is 0.364. The Bertz CT molecular complexity index is 412. The molecule has 0 aliphatic carbocycles. The van der Waals surface area contributed by atoms with Crippen LogP contribution in [0.5, 0.6) is 17.2 Å². The van der Waals surface area contributed by atoms with E-state index in [1.165, 1.54) is 33.5 Å². The zero-order chi connectivity index (χ0) is 13.7. The number of alkyl halides is 2. The Balaban J connectivity index is 3.11. The Hall–Kier alpha value is -2.05. The van der Waals surface area contributed by atoms with Crippen LogP contribution in [0.2, 0.25) is 0 Å². The van der Waals surface area contributed by atoms with Crippen LogP contribution >= 0.6 is 0 Å². The highest BCUT2D eigenvalue weighted by Gasteiger charge is 2.18. The summed E-state index contributed by atoms with van der Waals surface area (Å²) < 4.78 is 39.3. The molecule has 7 heteroatoms. The van der Waals surface area contributed by atoms with Gasteiger partial charge in [-0.2, -0.15) is 8.78 Å². The molecule has 0 unspecified atom stereocenters. The van der Waals surface area contributed by atoms with E-state index in [9.17, 15) is 13.6 Å². The fourth-order valence-corrected chi connectivity index (χ4v) is 1.35. The Morgan fingerprint density at radius 2 is 1.61 bits per heavy atom. The van der Waals surface area contributed by atoms with Gasteiger partial charge in [0.25, 0.3) is 5.91 Å². The van der Waals surface area contributed by atoms with Crippen molar-refractivity contribution >= 4 is 11.6 Å². The molecule has 1 rings (SSSR count). The molecule has 0 spiro atoms. The molecule has 5 nitrogen and oxygen atoms in total. The van der Waals surface area contributed by atoms with Gasteiger partial charge >= 0.3 is 6.43 Å². The van der Waals surface area contributed by atoms with Crippen LogP contribution in [0, 0.1) is 0 Å². The zero-order valence-electron chi connectivity index (χ0n) is 10.1. The average Bonchev–Trinajstić information content (AvgIpc) is 2.37. The second-order valence-electron chi connectivity index (χ2n) is 3.20. The lowest BCUT2D eigenvalue weighted by Gasteiger charge is -2.14. The Morgan fingerprint density at radius 1 is 1.11 bits per heavy atom. The normalized spacial score (nSPS) is 10.1. The highest BCUT2D eigenvalue weighted by Crippen LogP contribution is 2.39. The molecule has 18 heavy (non-hydrogen) atoms. The quantitative estimate of drug-likeness (QED) is 0.879. The van der Waals surface area contributed by atoms with Crippen LogP contribution in [-0.2, 0) is 4.79 Å². The van der Waals surface area contributed by atoms with E-state index in [4.69, 9.17) is 14.2 Å². The molecule has 0 saturated heterocycles. The molecule has 0 saturated carbocycles. The van der Waals surface area contributed by atoms with Gasteiger partial charge in [0.1, 0.15) is 0 Å². The van der Waals surface area contributed by atoms with E-state index in [1.54, 1.807) is 0 Å². The lowest BCUT2D eigenvalue weighted by atomic mass is 10.2. The van der Waals surface area contributed by atoms with Gasteiger partial charge in [0.15, 0.2) is 11.5 Å². The number of ether oxygens (including phenoxy) is 3. The van der Waals surface area contributed by atoms with Crippen molar-refractivity contribution in [2.75, 3.05) is 26.6 Å². The van der Waals surface area contributed by atoms with E-state index >= 15 is 0 Å². The number of amides is 1. The van der Waals surface area contributed by atoms with Gasteiger partial charge in [-0.3, -0.25) is 4.79 Å². The summed E-state index contributed by atoms with van der Waals surface area (Å²) in [7, 11) is 4.18. The summed E-state index contributed by atoms with van der Waals surface area (Å²) in [5.74, 6) is -0.554. The van der Waals surface area contributed by atoms with Crippen LogP contribution in [0.3, 0.4) is 0 Å². The number of nitrogens with one attached hydrogen (secondary N) is 1. The number of hydrogen-bond acceptors (Lipinski definition) is 4. The maximum absolute atomic E-state index is 12.1. The lowest BCUT2D eigenvalue weighted by Crippen LogP contribution is -2.20. The van der Waals surface area contributed by atoms with Gasteiger partial charge in [0.05, 0.1) is 21.3 Å². The smallest absolute Gasteiger partial charge is 0.315 e. The van der Waals surface area contributed by atoms with Crippen molar-refractivity contribution in [2.45, 2.75) is 6.43 Å². The first-order valence-corrected chi connectivity index (χ1v) is 4.92. The van der Waals surface area contributed by atoms with Gasteiger partial charge in [-0.25, -0.2) is 0 Å². The standard InChI is InChI=1S/C11H13F2NO4/c1-16-7-4-6(14-11(15)10(12)13)5-8(17-2)9(7)18-3/h4-5,10H,1-3H3,(H,14,15). The SMILES string of the molecule is COc1cc(NC(=O)C(F)F)cc(OC)c1OC. The molecule has 0 radical (unpaired) electrons. The molecule has 0 aliphatic heterocycles. The van der Waals surface area contributed by atoms with Crippen LogP contribution in [0.4, 0.5) is 14.5 Å². The van der Waals surface area contributed by atoms with Crippen molar-refractivity contribution in [3.05, 3.63) is 12.1 Å². The van der Waals surface area contributed by atoms with Crippen LogP contribution in [0.15, 0.2) is 12.1 Å². The summed E-state index contributed by atoms with van der Waals surface area (Å²) in [4.78, 5) is 10.9. The number of rotatable bonds is 5. The summed E-state index contributed by atoms with van der Waals surface area (Å²) in [5.41, 5.74) is 0.134. The van der Waals surface area contributed by atoms with Gasteiger partial charge in [-0.1, -0.05) is 0 Å². The molecular formula is C11H13F2NO4. The largest absolute Gasteiger partial charge is 0.493 e. The lowest BCUT2D eigenvalue weighted by molar-refractivity contribution is -0.126. The first-order valence-electron chi connectivity index (χ1n) is 4.92. The predicted molar refractivity (Wildman–Crippen MR) is 60.7 cm³/mol. The van der Waals surface area contributed by atoms with E-state index in [2.05, 4.69) is 0 Å². The first-order chi connectivity index (χ1) is 8.53. The molecule has 1 aromatic carbocycles. The monoisotopic (exact) mass is 261 g/mol. The van der Waals surface area contributed by atoms with E-state index in [1.807, 2.05) is 5.32 Å². The molecule has 0 aliphatic rings. The maximum atomic E-state index is 12.1. The zero-order valence-corrected chi connectivity index (χ0v) is 10.1. The predicted octanol–water partition coefficient (Wildman–Crippen LogP) is 1.92. The third-order valence-corrected chi connectivity index (χ3v) is 2.13. The number of carbonyl (C=O) groups excluding carboxylic acids is 1. The minimum absolute atomic E-state index is 0.134. The van der Waals surface area contributed by atoms with Gasteiger partial charge < -0.3 is 19.5 Å². The first kappa shape index (κ1) is 14.0. The maximum Gasteiger partial charge on any atom is 0.315 e. The van der Waals surface area contributed by atoms with E-state index < -0.39 is 12.3 Å². The Labute approximate surface area is 103 Å². The van der Waals surface area contributed by atoms with Gasteiger partial charge in [-0.15, -0.1) is 0 Å². The molecule has 0 bridgehead atoms. The second kappa shape index (κ2) is 6.04. The number of anilines is 1. The summed E-state index contributed by atoms with van der Waals surface area (Å²) in [6.45, 7) is 0. The number of halogens is 2. The van der Waals surface area contributed by atoms with Crippen LogP contribution in [-0.4, -0.2) is 33.7 Å². The third kappa shape index (κ3) is 2.99. The summed E-state index contributed by atoms with van der Waals surface area (Å²) in [6.07, 6.45) is -3.09. The second-order valence-corrected chi connectivity index (χ2v) is 3.20. The summed E-state index contributed by atoms with van der Waals surface area (Å²) >= 11 is 0. The van der Waals surface area contributed by atoms with E-state index in [-0.39, 0.29) is 17.2 Å². The molecule has 1 amide bonds. The van der Waals surface area contributed by atoms with E-state index in [0.29, 0.717) is 5.75 Å². The van der Waals surface area contributed by atoms with Crippen molar-refractivity contribution in [1.82, 2.24) is 0 Å². The van der Waals surface area contributed by atoms with Crippen molar-refractivity contribution < 1.29 is 27.8 Å². The Kier molecular flexibility index (Phi) is 4.70. The average molecular weight is 261 g/mol. The number of benzene rings is 1. The molecule has 0 atom stereocenters. The van der Waals surface area contributed by atoms with E-state index in [0.717, 1.165) is 0 Å². The van der Waals surface area contributed by atoms with Crippen LogP contribution in [0.1, 0.15) is 0 Å². The molecule has 1 N–H and O–H groups in total. The highest BCUT2D eigenvalue weighted by molar-refractivity contribution is 5.93. The fourth-order valence-electron chi connectivity index (χ4n) is 1.35. The summed E-state index contributed by atoms with van der Waals surface area (Å²) in [6, 6.07) is 2.73. The topological polar surface area (TPSA) is 56.8 Å². The molecule has 0 fully saturated rings. The van der Waals surface area contributed by atoms with Gasteiger partial charge in [-0.05, 0) is 0 Å². The van der Waals surface area contributed by atoms with Crippen molar-refractivity contribution in [2.24, 2.45) is 0 Å². The minimum atomic E-state index is -3.09. The van der Waals surface area contributed by atoms with Crippen molar-refractivity contribution in [1.29, 1.82) is 0 Å². The van der Waals surface area contributed by atoms with Crippen molar-refractivity contribution in [3.8, 4) is 17.2 Å². The highest BCUT2D eigenvalue weighted by atomic mass is 19.3. The molecule has 0 heterocycles. The number of hydrogen-bond donors (Lipinski definition) is 1.